The molecule has 1 aliphatic rings. The summed E-state index contributed by atoms with van der Waals surface area (Å²) in [5.41, 5.74) is 1.26. The molecule has 1 fully saturated rings. The summed E-state index contributed by atoms with van der Waals surface area (Å²) in [6.45, 7) is 10.3. The Labute approximate surface area is 120 Å². The number of aryl methyl sites for hydroxylation is 1. The van der Waals surface area contributed by atoms with Crippen LogP contribution in [0.15, 0.2) is 12.1 Å². The number of hydrogen-bond donors (Lipinski definition) is 0. The minimum absolute atomic E-state index is 0.335. The van der Waals surface area contributed by atoms with Gasteiger partial charge in [-0.05, 0) is 51.7 Å². The lowest BCUT2D eigenvalue weighted by Crippen LogP contribution is -2.41. The van der Waals surface area contributed by atoms with Crippen LogP contribution in [0, 0.1) is 0 Å². The largest absolute Gasteiger partial charge is 0.495 e. The van der Waals surface area contributed by atoms with Crippen molar-refractivity contribution in [1.82, 2.24) is 4.98 Å². The Balaban J connectivity index is 2.29. The van der Waals surface area contributed by atoms with Gasteiger partial charge in [0.2, 0.25) is 0 Å². The van der Waals surface area contributed by atoms with Gasteiger partial charge in [0.15, 0.2) is 0 Å². The maximum atomic E-state index is 6.08. The van der Waals surface area contributed by atoms with Crippen LogP contribution in [0.1, 0.15) is 46.7 Å². The van der Waals surface area contributed by atoms with Gasteiger partial charge in [0.25, 0.3) is 0 Å². The molecule has 5 heteroatoms. The predicted octanol–water partition coefficient (Wildman–Crippen LogP) is 2.99. The van der Waals surface area contributed by atoms with Gasteiger partial charge in [-0.3, -0.25) is 0 Å². The van der Waals surface area contributed by atoms with Gasteiger partial charge in [0, 0.05) is 5.69 Å². The molecule has 0 bridgehead atoms. The van der Waals surface area contributed by atoms with E-state index in [1.165, 1.54) is 0 Å². The minimum atomic E-state index is -0.374. The number of pyridine rings is 1. The molecule has 0 aliphatic carbocycles. The summed E-state index contributed by atoms with van der Waals surface area (Å²) in [5.74, 6) is 0. The van der Waals surface area contributed by atoms with Crippen LogP contribution in [0.3, 0.4) is 0 Å². The number of halogens is 1. The Bertz CT molecular complexity index is 461. The summed E-state index contributed by atoms with van der Waals surface area (Å²) in [4.78, 5) is 4.32. The van der Waals surface area contributed by atoms with E-state index >= 15 is 0 Å². The maximum Gasteiger partial charge on any atom is 0.495 e. The Kier molecular flexibility index (Phi) is 3.96. The fourth-order valence-electron chi connectivity index (χ4n) is 2.07. The third kappa shape index (κ3) is 2.96. The third-order valence-electron chi connectivity index (χ3n) is 3.90. The van der Waals surface area contributed by atoms with Crippen LogP contribution in [0.25, 0.3) is 0 Å². The average Bonchev–Trinajstić information content (AvgIpc) is 2.48. The predicted molar refractivity (Wildman–Crippen MR) is 79.0 cm³/mol. The van der Waals surface area contributed by atoms with Crippen molar-refractivity contribution >= 4 is 24.2 Å². The highest BCUT2D eigenvalue weighted by molar-refractivity contribution is 6.62. The first kappa shape index (κ1) is 14.8. The van der Waals surface area contributed by atoms with Crippen molar-refractivity contribution in [3.8, 4) is 0 Å². The monoisotopic (exact) mass is 281 g/mol. The fraction of sp³-hybridized carbons (Fsp3) is 0.643. The summed E-state index contributed by atoms with van der Waals surface area (Å²) in [5, 5.41) is 0.496. The zero-order chi connectivity index (χ0) is 14.3. The highest BCUT2D eigenvalue weighted by atomic mass is 35.5. The summed E-state index contributed by atoms with van der Waals surface area (Å²) < 4.78 is 12.1. The zero-order valence-corrected chi connectivity index (χ0v) is 13.0. The molecular formula is C14H21BClNO2. The van der Waals surface area contributed by atoms with Gasteiger partial charge in [-0.1, -0.05) is 24.9 Å². The minimum Gasteiger partial charge on any atom is -0.399 e. The third-order valence-corrected chi connectivity index (χ3v) is 4.09. The molecular weight excluding hydrogens is 260 g/mol. The van der Waals surface area contributed by atoms with Crippen molar-refractivity contribution in [3.05, 3.63) is 23.0 Å². The van der Waals surface area contributed by atoms with E-state index < -0.39 is 0 Å². The molecule has 0 N–H and O–H groups in total. The Morgan fingerprint density at radius 1 is 1.16 bits per heavy atom. The molecule has 104 valence electrons. The van der Waals surface area contributed by atoms with E-state index in [-0.39, 0.29) is 18.3 Å². The average molecular weight is 282 g/mol. The van der Waals surface area contributed by atoms with E-state index in [0.29, 0.717) is 5.15 Å². The number of hydrogen-bond acceptors (Lipinski definition) is 3. The second-order valence-electron chi connectivity index (χ2n) is 6.05. The van der Waals surface area contributed by atoms with Crippen molar-refractivity contribution in [2.75, 3.05) is 0 Å². The number of nitrogens with zero attached hydrogens (tertiary/aromatic N) is 1. The van der Waals surface area contributed by atoms with Crippen LogP contribution >= 0.6 is 11.6 Å². The van der Waals surface area contributed by atoms with Crippen molar-refractivity contribution in [1.29, 1.82) is 0 Å². The molecule has 0 spiro atoms. The van der Waals surface area contributed by atoms with Gasteiger partial charge in [-0.2, -0.15) is 0 Å². The smallest absolute Gasteiger partial charge is 0.399 e. The normalized spacial score (nSPS) is 20.8. The van der Waals surface area contributed by atoms with Gasteiger partial charge in [0.1, 0.15) is 5.15 Å². The van der Waals surface area contributed by atoms with E-state index in [4.69, 9.17) is 20.9 Å². The highest BCUT2D eigenvalue weighted by Crippen LogP contribution is 2.36. The zero-order valence-electron chi connectivity index (χ0n) is 12.3. The summed E-state index contributed by atoms with van der Waals surface area (Å²) in [7, 11) is -0.374. The lowest BCUT2D eigenvalue weighted by molar-refractivity contribution is 0.00578. The topological polar surface area (TPSA) is 31.4 Å². The van der Waals surface area contributed by atoms with E-state index in [2.05, 4.69) is 11.9 Å². The molecule has 19 heavy (non-hydrogen) atoms. The molecule has 0 saturated carbocycles. The van der Waals surface area contributed by atoms with Crippen LogP contribution in [0.5, 0.6) is 0 Å². The van der Waals surface area contributed by atoms with Gasteiger partial charge >= 0.3 is 7.12 Å². The second kappa shape index (κ2) is 5.08. The quantitative estimate of drug-likeness (QED) is 0.630. The second-order valence-corrected chi connectivity index (χ2v) is 6.44. The molecule has 1 saturated heterocycles. The van der Waals surface area contributed by atoms with Gasteiger partial charge < -0.3 is 9.31 Å². The molecule has 0 atom stereocenters. The van der Waals surface area contributed by atoms with E-state index in [0.717, 1.165) is 24.0 Å². The van der Waals surface area contributed by atoms with Crippen molar-refractivity contribution in [2.45, 2.75) is 58.7 Å². The van der Waals surface area contributed by atoms with Gasteiger partial charge in [-0.15, -0.1) is 0 Å². The lowest BCUT2D eigenvalue weighted by atomic mass is 9.79. The lowest BCUT2D eigenvalue weighted by Gasteiger charge is -2.32. The van der Waals surface area contributed by atoms with Crippen LogP contribution in [0.2, 0.25) is 5.15 Å². The SMILES string of the molecule is CCCc1cc(B2OC(C)(C)C(C)(C)O2)cc(Cl)n1. The Morgan fingerprint density at radius 3 is 2.26 bits per heavy atom. The molecule has 0 unspecified atom stereocenters. The van der Waals surface area contributed by atoms with E-state index in [1.807, 2.05) is 39.8 Å². The molecule has 0 aromatic carbocycles. The standard InChI is InChI=1S/C14H21BClNO2/c1-6-7-11-8-10(9-12(16)17-11)15-18-13(2,3)14(4,5)19-15/h8-9H,6-7H2,1-5H3. The highest BCUT2D eigenvalue weighted by Gasteiger charge is 2.51. The molecule has 2 rings (SSSR count). The molecule has 1 aliphatic heterocycles. The van der Waals surface area contributed by atoms with Crippen molar-refractivity contribution in [3.63, 3.8) is 0 Å². The van der Waals surface area contributed by atoms with Crippen LogP contribution in [0.4, 0.5) is 0 Å². The molecule has 0 radical (unpaired) electrons. The van der Waals surface area contributed by atoms with Crippen molar-refractivity contribution < 1.29 is 9.31 Å². The number of rotatable bonds is 3. The van der Waals surface area contributed by atoms with E-state index in [1.54, 1.807) is 0 Å². The maximum absolute atomic E-state index is 6.08. The molecule has 2 heterocycles. The molecule has 1 aromatic heterocycles. The fourth-order valence-corrected chi connectivity index (χ4v) is 2.31. The summed E-state index contributed by atoms with van der Waals surface area (Å²) >= 11 is 6.08. The Hall–Kier alpha value is -0.575. The first-order valence-electron chi connectivity index (χ1n) is 6.77. The summed E-state index contributed by atoms with van der Waals surface area (Å²) in [6, 6.07) is 3.85. The Morgan fingerprint density at radius 2 is 1.74 bits per heavy atom. The molecule has 3 nitrogen and oxygen atoms in total. The van der Waals surface area contributed by atoms with Gasteiger partial charge in [0.05, 0.1) is 11.2 Å². The molecule has 1 aromatic rings. The van der Waals surface area contributed by atoms with E-state index in [9.17, 15) is 0 Å². The van der Waals surface area contributed by atoms with Crippen LogP contribution < -0.4 is 5.46 Å². The molecule has 0 amide bonds. The summed E-state index contributed by atoms with van der Waals surface area (Å²) in [6.07, 6.45) is 1.95. The number of aromatic nitrogens is 1. The van der Waals surface area contributed by atoms with Crippen LogP contribution in [-0.4, -0.2) is 23.3 Å². The first-order chi connectivity index (χ1) is 8.75. The van der Waals surface area contributed by atoms with Gasteiger partial charge in [-0.25, -0.2) is 4.98 Å². The van der Waals surface area contributed by atoms with Crippen molar-refractivity contribution in [2.24, 2.45) is 0 Å². The first-order valence-corrected chi connectivity index (χ1v) is 7.15. The van der Waals surface area contributed by atoms with Crippen LogP contribution in [-0.2, 0) is 15.7 Å².